The van der Waals surface area contributed by atoms with Crippen LogP contribution in [0.5, 0.6) is 0 Å². The van der Waals surface area contributed by atoms with Crippen LogP contribution in [0.3, 0.4) is 0 Å². The average molecular weight is 418 g/mol. The normalized spacial score (nSPS) is 13.0. The van der Waals surface area contributed by atoms with Crippen molar-refractivity contribution in [2.75, 3.05) is 0 Å². The molecule has 2 heterocycles. The zero-order chi connectivity index (χ0) is 19.1. The van der Waals surface area contributed by atoms with Crippen molar-refractivity contribution < 1.29 is 19.2 Å². The molecule has 0 fully saturated rings. The van der Waals surface area contributed by atoms with Gasteiger partial charge in [-0.25, -0.2) is 4.79 Å². The number of fused-ring (bicyclic) bond motifs is 1. The highest BCUT2D eigenvalue weighted by Crippen LogP contribution is 2.33. The first kappa shape index (κ1) is 17.7. The molecule has 27 heavy (non-hydrogen) atoms. The Hall–Kier alpha value is -2.67. The van der Waals surface area contributed by atoms with Gasteiger partial charge >= 0.3 is 5.97 Å². The summed E-state index contributed by atoms with van der Waals surface area (Å²) in [5.41, 5.74) is 1.16. The third-order valence-corrected chi connectivity index (χ3v) is 5.44. The summed E-state index contributed by atoms with van der Waals surface area (Å²) in [5.74, 6) is -2.13. The molecule has 8 heteroatoms. The lowest BCUT2D eigenvalue weighted by Gasteiger charge is -2.11. The second kappa shape index (κ2) is 6.81. The smallest absolute Gasteiger partial charge is 0.323 e. The molecular formula is C19H9Cl2NO4S. The molecule has 4 rings (SSSR count). The molecule has 0 bridgehead atoms. The first-order valence-electron chi connectivity index (χ1n) is 7.70. The lowest BCUT2D eigenvalue weighted by atomic mass is 10.1. The van der Waals surface area contributed by atoms with Gasteiger partial charge < -0.3 is 4.84 Å². The van der Waals surface area contributed by atoms with Gasteiger partial charge in [0.05, 0.1) is 11.1 Å². The number of hydrogen-bond acceptors (Lipinski definition) is 5. The SMILES string of the molecule is O=C(ON1C(=O)c2ccccc2C1=O)c1ccc(-c2cc(Cl)cc(Cl)c2)s1. The Morgan fingerprint density at radius 2 is 1.48 bits per heavy atom. The molecule has 0 aliphatic carbocycles. The van der Waals surface area contributed by atoms with Crippen LogP contribution in [0.1, 0.15) is 30.4 Å². The van der Waals surface area contributed by atoms with Gasteiger partial charge in [0.1, 0.15) is 4.88 Å². The first-order chi connectivity index (χ1) is 12.9. The van der Waals surface area contributed by atoms with Crippen LogP contribution in [0.15, 0.2) is 54.6 Å². The first-order valence-corrected chi connectivity index (χ1v) is 9.28. The highest BCUT2D eigenvalue weighted by atomic mass is 35.5. The van der Waals surface area contributed by atoms with Crippen LogP contribution in [0.25, 0.3) is 10.4 Å². The van der Waals surface area contributed by atoms with E-state index in [1.807, 2.05) is 0 Å². The van der Waals surface area contributed by atoms with Crippen molar-refractivity contribution in [1.82, 2.24) is 5.06 Å². The summed E-state index contributed by atoms with van der Waals surface area (Å²) in [6.45, 7) is 0. The molecule has 1 aliphatic heterocycles. The molecule has 0 N–H and O–H groups in total. The molecule has 0 spiro atoms. The van der Waals surface area contributed by atoms with Gasteiger partial charge in [-0.05, 0) is 48.0 Å². The molecular weight excluding hydrogens is 409 g/mol. The Morgan fingerprint density at radius 1 is 0.889 bits per heavy atom. The van der Waals surface area contributed by atoms with Crippen LogP contribution in [-0.4, -0.2) is 22.8 Å². The topological polar surface area (TPSA) is 63.7 Å². The second-order valence-corrected chi connectivity index (χ2v) is 7.61. The number of thiophene rings is 1. The van der Waals surface area contributed by atoms with Crippen LogP contribution in [0.4, 0.5) is 0 Å². The minimum atomic E-state index is -0.797. The quantitative estimate of drug-likeness (QED) is 0.556. The number of hydrogen-bond donors (Lipinski definition) is 0. The Morgan fingerprint density at radius 3 is 2.07 bits per heavy atom. The molecule has 0 saturated heterocycles. The predicted molar refractivity (Wildman–Crippen MR) is 102 cm³/mol. The zero-order valence-corrected chi connectivity index (χ0v) is 15.8. The molecule has 1 aliphatic rings. The molecule has 2 aromatic carbocycles. The van der Waals surface area contributed by atoms with Crippen LogP contribution in [0.2, 0.25) is 10.0 Å². The third-order valence-electron chi connectivity index (χ3n) is 3.89. The minimum Gasteiger partial charge on any atom is -0.323 e. The summed E-state index contributed by atoms with van der Waals surface area (Å²) in [6.07, 6.45) is 0. The van der Waals surface area contributed by atoms with Gasteiger partial charge in [0, 0.05) is 14.9 Å². The lowest BCUT2D eigenvalue weighted by molar-refractivity contribution is -0.0581. The van der Waals surface area contributed by atoms with Crippen molar-refractivity contribution in [2.45, 2.75) is 0 Å². The number of hydroxylamine groups is 2. The Balaban J connectivity index is 1.56. The fraction of sp³-hybridized carbons (Fsp3) is 0. The van der Waals surface area contributed by atoms with E-state index in [9.17, 15) is 14.4 Å². The Labute approximate surface area is 167 Å². The van der Waals surface area contributed by atoms with E-state index >= 15 is 0 Å². The number of nitrogens with zero attached hydrogens (tertiary/aromatic N) is 1. The summed E-state index contributed by atoms with van der Waals surface area (Å²) in [7, 11) is 0. The molecule has 0 saturated carbocycles. The molecule has 0 atom stereocenters. The van der Waals surface area contributed by atoms with E-state index in [0.717, 1.165) is 21.8 Å². The van der Waals surface area contributed by atoms with Crippen LogP contribution < -0.4 is 0 Å². The maximum Gasteiger partial charge on any atom is 0.373 e. The number of amides is 2. The van der Waals surface area contributed by atoms with Crippen molar-refractivity contribution in [3.05, 3.63) is 80.6 Å². The van der Waals surface area contributed by atoms with Crippen molar-refractivity contribution in [3.8, 4) is 10.4 Å². The summed E-state index contributed by atoms with van der Waals surface area (Å²) < 4.78 is 0. The minimum absolute atomic E-state index is 0.204. The zero-order valence-electron chi connectivity index (χ0n) is 13.4. The summed E-state index contributed by atoms with van der Waals surface area (Å²) in [4.78, 5) is 43.0. The van der Waals surface area contributed by atoms with E-state index < -0.39 is 17.8 Å². The third kappa shape index (κ3) is 3.23. The van der Waals surface area contributed by atoms with Crippen molar-refractivity contribution in [1.29, 1.82) is 0 Å². The molecule has 1 aromatic heterocycles. The largest absolute Gasteiger partial charge is 0.373 e. The van der Waals surface area contributed by atoms with E-state index in [0.29, 0.717) is 15.1 Å². The highest BCUT2D eigenvalue weighted by molar-refractivity contribution is 7.17. The summed E-state index contributed by atoms with van der Waals surface area (Å²) in [5, 5.41) is 1.44. The molecule has 3 aromatic rings. The molecule has 5 nitrogen and oxygen atoms in total. The van der Waals surface area contributed by atoms with Gasteiger partial charge in [-0.2, -0.15) is 0 Å². The van der Waals surface area contributed by atoms with Crippen LogP contribution in [-0.2, 0) is 4.84 Å². The van der Waals surface area contributed by atoms with Gasteiger partial charge in [-0.3, -0.25) is 9.59 Å². The highest BCUT2D eigenvalue weighted by Gasteiger charge is 2.38. The fourth-order valence-electron chi connectivity index (χ4n) is 2.68. The Kier molecular flexibility index (Phi) is 4.47. The van der Waals surface area contributed by atoms with Crippen LogP contribution >= 0.6 is 34.5 Å². The van der Waals surface area contributed by atoms with Gasteiger partial charge in [-0.15, -0.1) is 11.3 Å². The van der Waals surface area contributed by atoms with Gasteiger partial charge in [-0.1, -0.05) is 40.4 Å². The summed E-state index contributed by atoms with van der Waals surface area (Å²) in [6, 6.07) is 14.6. The van der Waals surface area contributed by atoms with E-state index in [2.05, 4.69) is 0 Å². The number of imide groups is 1. The van der Waals surface area contributed by atoms with Gasteiger partial charge in [0.15, 0.2) is 0 Å². The van der Waals surface area contributed by atoms with E-state index in [-0.39, 0.29) is 16.0 Å². The lowest BCUT2D eigenvalue weighted by Crippen LogP contribution is -2.32. The number of halogens is 2. The second-order valence-electron chi connectivity index (χ2n) is 5.65. The molecule has 134 valence electrons. The fourth-order valence-corrected chi connectivity index (χ4v) is 4.07. The maximum absolute atomic E-state index is 12.4. The molecule has 0 radical (unpaired) electrons. The van der Waals surface area contributed by atoms with Gasteiger partial charge in [0.2, 0.25) is 0 Å². The Bertz CT molecular complexity index is 1050. The monoisotopic (exact) mass is 417 g/mol. The summed E-state index contributed by atoms with van der Waals surface area (Å²) >= 11 is 13.2. The number of carbonyl (C=O) groups excluding carboxylic acids is 3. The maximum atomic E-state index is 12.4. The van der Waals surface area contributed by atoms with Crippen LogP contribution in [0, 0.1) is 0 Å². The predicted octanol–water partition coefficient (Wildman–Crippen LogP) is 5.09. The average Bonchev–Trinajstić information content (AvgIpc) is 3.22. The van der Waals surface area contributed by atoms with Crippen molar-refractivity contribution in [3.63, 3.8) is 0 Å². The molecule has 0 unspecified atom stereocenters. The van der Waals surface area contributed by atoms with E-state index in [4.69, 9.17) is 28.0 Å². The van der Waals surface area contributed by atoms with Gasteiger partial charge in [0.25, 0.3) is 11.8 Å². The van der Waals surface area contributed by atoms with E-state index in [1.165, 1.54) is 12.1 Å². The van der Waals surface area contributed by atoms with Crippen molar-refractivity contribution >= 4 is 52.3 Å². The number of carbonyl (C=O) groups is 3. The molecule has 2 amide bonds. The van der Waals surface area contributed by atoms with Crippen molar-refractivity contribution in [2.24, 2.45) is 0 Å². The number of benzene rings is 2. The van der Waals surface area contributed by atoms with E-state index in [1.54, 1.807) is 42.5 Å². The number of rotatable bonds is 3. The standard InChI is InChI=1S/C19H9Cl2NO4S/c20-11-7-10(8-12(21)9-11)15-5-6-16(27-15)19(25)26-22-17(23)13-3-1-2-4-14(13)18(22)24/h1-9H.